The van der Waals surface area contributed by atoms with Crippen molar-refractivity contribution in [3.8, 4) is 0 Å². The molecule has 1 fully saturated rings. The number of carbonyl (C=O) groups is 3. The van der Waals surface area contributed by atoms with Crippen molar-refractivity contribution in [1.82, 2.24) is 10.2 Å². The number of nitrogens with zero attached hydrogens (tertiary/aromatic N) is 1. The summed E-state index contributed by atoms with van der Waals surface area (Å²) < 4.78 is 37.9. The zero-order chi connectivity index (χ0) is 18.8. The summed E-state index contributed by atoms with van der Waals surface area (Å²) in [5, 5.41) is 4.90. The molecule has 0 bridgehead atoms. The van der Waals surface area contributed by atoms with Crippen molar-refractivity contribution >= 4 is 23.5 Å². The molecule has 136 valence electrons. The van der Waals surface area contributed by atoms with Gasteiger partial charge in [-0.15, -0.1) is 0 Å². The van der Waals surface area contributed by atoms with E-state index < -0.39 is 29.2 Å². The predicted molar refractivity (Wildman–Crippen MR) is 83.6 cm³/mol. The van der Waals surface area contributed by atoms with Gasteiger partial charge in [0.2, 0.25) is 5.91 Å². The summed E-state index contributed by atoms with van der Waals surface area (Å²) in [6, 6.07) is 3.79. The number of imide groups is 1. The maximum absolute atomic E-state index is 12.6. The van der Waals surface area contributed by atoms with Crippen molar-refractivity contribution in [2.24, 2.45) is 0 Å². The first kappa shape index (κ1) is 18.8. The second-order valence-electron chi connectivity index (χ2n) is 6.24. The fourth-order valence-corrected chi connectivity index (χ4v) is 2.42. The Balaban J connectivity index is 1.86. The summed E-state index contributed by atoms with van der Waals surface area (Å²) >= 11 is 0. The summed E-state index contributed by atoms with van der Waals surface area (Å²) in [5.74, 6) is -0.874. The van der Waals surface area contributed by atoms with E-state index in [0.29, 0.717) is 0 Å². The Morgan fingerprint density at radius 3 is 2.52 bits per heavy atom. The molecule has 6 nitrogen and oxygen atoms in total. The van der Waals surface area contributed by atoms with Crippen molar-refractivity contribution in [1.29, 1.82) is 0 Å². The molecule has 0 saturated carbocycles. The number of halogens is 3. The molecule has 0 unspecified atom stereocenters. The summed E-state index contributed by atoms with van der Waals surface area (Å²) in [6.07, 6.45) is -4.31. The van der Waals surface area contributed by atoms with Gasteiger partial charge in [0.1, 0.15) is 5.54 Å². The van der Waals surface area contributed by atoms with Crippen molar-refractivity contribution in [2.75, 3.05) is 11.9 Å². The highest BCUT2D eigenvalue weighted by Gasteiger charge is 2.43. The topological polar surface area (TPSA) is 78.5 Å². The van der Waals surface area contributed by atoms with E-state index in [1.165, 1.54) is 12.1 Å². The van der Waals surface area contributed by atoms with E-state index in [1.807, 2.05) is 0 Å². The van der Waals surface area contributed by atoms with Crippen LogP contribution in [0.4, 0.5) is 23.7 Å². The molecule has 25 heavy (non-hydrogen) atoms. The van der Waals surface area contributed by atoms with Crippen LogP contribution in [0, 0.1) is 0 Å². The molecule has 0 atom stereocenters. The largest absolute Gasteiger partial charge is 0.416 e. The van der Waals surface area contributed by atoms with Crippen molar-refractivity contribution in [2.45, 2.75) is 38.4 Å². The van der Waals surface area contributed by atoms with Gasteiger partial charge in [-0.25, -0.2) is 4.79 Å². The third-order valence-corrected chi connectivity index (χ3v) is 3.70. The van der Waals surface area contributed by atoms with Crippen molar-refractivity contribution in [3.63, 3.8) is 0 Å². The van der Waals surface area contributed by atoms with Crippen LogP contribution in [-0.2, 0) is 15.8 Å². The van der Waals surface area contributed by atoms with Gasteiger partial charge in [-0.05, 0) is 38.5 Å². The van der Waals surface area contributed by atoms with E-state index in [9.17, 15) is 27.6 Å². The molecule has 1 aromatic carbocycles. The lowest BCUT2D eigenvalue weighted by atomic mass is 10.1. The van der Waals surface area contributed by atoms with Gasteiger partial charge in [0.25, 0.3) is 5.91 Å². The molecule has 1 aliphatic heterocycles. The number of amides is 4. The molecular weight excluding hydrogens is 339 g/mol. The summed E-state index contributed by atoms with van der Waals surface area (Å²) in [6.45, 7) is 3.21. The molecule has 4 amide bonds. The Kier molecular flexibility index (Phi) is 5.05. The summed E-state index contributed by atoms with van der Waals surface area (Å²) in [5.41, 5.74) is -1.79. The van der Waals surface area contributed by atoms with Gasteiger partial charge in [0, 0.05) is 18.7 Å². The number of nitrogens with one attached hydrogen (secondary N) is 2. The molecule has 0 radical (unpaired) electrons. The number of anilines is 1. The Bertz CT molecular complexity index is 701. The second kappa shape index (κ2) is 6.73. The minimum absolute atomic E-state index is 0.0340. The molecule has 1 aliphatic rings. The van der Waals surface area contributed by atoms with Crippen LogP contribution in [-0.4, -0.2) is 34.8 Å². The first-order valence-corrected chi connectivity index (χ1v) is 7.62. The van der Waals surface area contributed by atoms with Gasteiger partial charge in [-0.2, -0.15) is 13.2 Å². The van der Waals surface area contributed by atoms with Crippen LogP contribution in [0.1, 0.15) is 32.3 Å². The van der Waals surface area contributed by atoms with E-state index in [0.717, 1.165) is 17.0 Å². The number of benzene rings is 1. The van der Waals surface area contributed by atoms with Crippen LogP contribution in [0.25, 0.3) is 0 Å². The molecule has 0 spiro atoms. The predicted octanol–water partition coefficient (Wildman–Crippen LogP) is 2.75. The monoisotopic (exact) mass is 357 g/mol. The third kappa shape index (κ3) is 4.49. The number of carbonyl (C=O) groups excluding carboxylic acids is 3. The third-order valence-electron chi connectivity index (χ3n) is 3.70. The van der Waals surface area contributed by atoms with Crippen molar-refractivity contribution in [3.05, 3.63) is 29.8 Å². The minimum atomic E-state index is -4.49. The van der Waals surface area contributed by atoms with Gasteiger partial charge in [-0.1, -0.05) is 6.07 Å². The highest BCUT2D eigenvalue weighted by molar-refractivity contribution is 6.06. The number of urea groups is 1. The van der Waals surface area contributed by atoms with E-state index in [2.05, 4.69) is 10.6 Å². The molecule has 9 heteroatoms. The molecular formula is C16H18F3N3O3. The zero-order valence-electron chi connectivity index (χ0n) is 13.7. The molecule has 1 aromatic rings. The van der Waals surface area contributed by atoms with E-state index in [4.69, 9.17) is 0 Å². The van der Waals surface area contributed by atoms with E-state index in [1.54, 1.807) is 13.8 Å². The molecule has 0 aromatic heterocycles. The maximum Gasteiger partial charge on any atom is 0.416 e. The van der Waals surface area contributed by atoms with Gasteiger partial charge < -0.3 is 10.6 Å². The van der Waals surface area contributed by atoms with Gasteiger partial charge in [0.15, 0.2) is 0 Å². The number of hydrogen-bond acceptors (Lipinski definition) is 3. The van der Waals surface area contributed by atoms with Crippen LogP contribution in [0.15, 0.2) is 24.3 Å². The lowest BCUT2D eigenvalue weighted by Crippen LogP contribution is -2.40. The quantitative estimate of drug-likeness (QED) is 0.796. The van der Waals surface area contributed by atoms with Gasteiger partial charge in [0.05, 0.1) is 5.56 Å². The van der Waals surface area contributed by atoms with Crippen LogP contribution < -0.4 is 10.6 Å². The normalized spacial score (nSPS) is 16.8. The van der Waals surface area contributed by atoms with E-state index in [-0.39, 0.29) is 31.0 Å². The number of rotatable bonds is 5. The highest BCUT2D eigenvalue weighted by atomic mass is 19.4. The fourth-order valence-electron chi connectivity index (χ4n) is 2.42. The standard InChI is InChI=1S/C16H18F3N3O3/c1-15(2)13(24)22(14(25)21-15)8-4-7-12(23)20-11-6-3-5-10(9-11)16(17,18)19/h3,5-6,9H,4,7-8H2,1-2H3,(H,20,23)(H,21,25). The first-order valence-electron chi connectivity index (χ1n) is 7.62. The highest BCUT2D eigenvalue weighted by Crippen LogP contribution is 2.30. The van der Waals surface area contributed by atoms with Gasteiger partial charge >= 0.3 is 12.2 Å². The SMILES string of the molecule is CC1(C)NC(=O)N(CCCC(=O)Nc2cccc(C(F)(F)F)c2)C1=O. The van der Waals surface area contributed by atoms with Crippen LogP contribution in [0.3, 0.4) is 0 Å². The Labute approximate surface area is 142 Å². The number of alkyl halides is 3. The van der Waals surface area contributed by atoms with Crippen LogP contribution in [0.2, 0.25) is 0 Å². The Morgan fingerprint density at radius 1 is 1.28 bits per heavy atom. The molecule has 2 rings (SSSR count). The number of hydrogen-bond donors (Lipinski definition) is 2. The lowest BCUT2D eigenvalue weighted by molar-refractivity contribution is -0.137. The van der Waals surface area contributed by atoms with Crippen LogP contribution >= 0.6 is 0 Å². The Morgan fingerprint density at radius 2 is 1.96 bits per heavy atom. The van der Waals surface area contributed by atoms with Crippen molar-refractivity contribution < 1.29 is 27.6 Å². The first-order chi connectivity index (χ1) is 11.5. The average molecular weight is 357 g/mol. The minimum Gasteiger partial charge on any atom is -0.326 e. The average Bonchev–Trinajstić information content (AvgIpc) is 2.68. The van der Waals surface area contributed by atoms with E-state index >= 15 is 0 Å². The lowest BCUT2D eigenvalue weighted by Gasteiger charge is -2.15. The maximum atomic E-state index is 12.6. The smallest absolute Gasteiger partial charge is 0.326 e. The molecule has 1 heterocycles. The Hall–Kier alpha value is -2.58. The molecule has 1 saturated heterocycles. The molecule has 0 aliphatic carbocycles. The summed E-state index contributed by atoms with van der Waals surface area (Å²) in [4.78, 5) is 36.5. The summed E-state index contributed by atoms with van der Waals surface area (Å²) in [7, 11) is 0. The van der Waals surface area contributed by atoms with Crippen LogP contribution in [0.5, 0.6) is 0 Å². The fraction of sp³-hybridized carbons (Fsp3) is 0.438. The van der Waals surface area contributed by atoms with Gasteiger partial charge in [-0.3, -0.25) is 14.5 Å². The second-order valence-corrected chi connectivity index (χ2v) is 6.24. The molecule has 2 N–H and O–H groups in total. The zero-order valence-corrected chi connectivity index (χ0v) is 13.7.